The minimum Gasteiger partial charge on any atom is -0.466 e. The maximum Gasteiger partial charge on any atom is 0.105 e. The summed E-state index contributed by atoms with van der Waals surface area (Å²) >= 11 is 12.2. The maximum absolute atomic E-state index is 6.20. The SMILES string of the molecule is Cc1cc(C(Cc2cccc(Cl)c2Cl)NN)c(C)o1. The fourth-order valence-electron chi connectivity index (χ4n) is 2.18. The molecule has 0 saturated carbocycles. The van der Waals surface area contributed by atoms with E-state index in [-0.39, 0.29) is 6.04 Å². The highest BCUT2D eigenvalue weighted by molar-refractivity contribution is 6.42. The summed E-state index contributed by atoms with van der Waals surface area (Å²) in [5, 5.41) is 1.12. The highest BCUT2D eigenvalue weighted by Gasteiger charge is 2.18. The summed E-state index contributed by atoms with van der Waals surface area (Å²) in [6.07, 6.45) is 0.649. The lowest BCUT2D eigenvalue weighted by Crippen LogP contribution is -2.29. The van der Waals surface area contributed by atoms with Gasteiger partial charge in [0, 0.05) is 5.56 Å². The Morgan fingerprint density at radius 1 is 1.32 bits per heavy atom. The number of hydrogen-bond donors (Lipinski definition) is 2. The number of nitrogens with two attached hydrogens (primary N) is 1. The molecule has 0 saturated heterocycles. The van der Waals surface area contributed by atoms with E-state index in [0.29, 0.717) is 16.5 Å². The number of hydrogen-bond acceptors (Lipinski definition) is 3. The zero-order valence-corrected chi connectivity index (χ0v) is 12.3. The number of furan rings is 1. The molecule has 0 aliphatic heterocycles. The first-order valence-corrected chi connectivity index (χ1v) is 6.74. The summed E-state index contributed by atoms with van der Waals surface area (Å²) in [5.41, 5.74) is 4.80. The van der Waals surface area contributed by atoms with Crippen molar-refractivity contribution in [1.82, 2.24) is 5.43 Å². The zero-order valence-electron chi connectivity index (χ0n) is 10.8. The first-order valence-electron chi connectivity index (χ1n) is 5.99. The van der Waals surface area contributed by atoms with Crippen LogP contribution in [-0.4, -0.2) is 0 Å². The predicted molar refractivity (Wildman–Crippen MR) is 78.4 cm³/mol. The van der Waals surface area contributed by atoms with Gasteiger partial charge in [-0.1, -0.05) is 35.3 Å². The van der Waals surface area contributed by atoms with E-state index in [1.807, 2.05) is 32.0 Å². The summed E-state index contributed by atoms with van der Waals surface area (Å²) in [4.78, 5) is 0. The molecule has 0 amide bonds. The molecule has 0 spiro atoms. The van der Waals surface area contributed by atoms with Crippen LogP contribution in [0.25, 0.3) is 0 Å². The molecular formula is C14H16Cl2N2O. The van der Waals surface area contributed by atoms with Crippen LogP contribution in [0.3, 0.4) is 0 Å². The number of halogens is 2. The summed E-state index contributed by atoms with van der Waals surface area (Å²) in [6.45, 7) is 3.84. The van der Waals surface area contributed by atoms with Crippen molar-refractivity contribution in [2.75, 3.05) is 0 Å². The van der Waals surface area contributed by atoms with Gasteiger partial charge in [0.25, 0.3) is 0 Å². The van der Waals surface area contributed by atoms with Crippen LogP contribution in [0.15, 0.2) is 28.7 Å². The summed E-state index contributed by atoms with van der Waals surface area (Å²) in [5.74, 6) is 7.38. The van der Waals surface area contributed by atoms with Crippen LogP contribution in [0.2, 0.25) is 10.0 Å². The third kappa shape index (κ3) is 3.12. The molecule has 0 radical (unpaired) electrons. The lowest BCUT2D eigenvalue weighted by Gasteiger charge is -2.16. The van der Waals surface area contributed by atoms with Gasteiger partial charge in [-0.15, -0.1) is 0 Å². The smallest absolute Gasteiger partial charge is 0.105 e. The van der Waals surface area contributed by atoms with E-state index in [2.05, 4.69) is 5.43 Å². The Morgan fingerprint density at radius 3 is 2.63 bits per heavy atom. The molecule has 5 heteroatoms. The molecule has 19 heavy (non-hydrogen) atoms. The monoisotopic (exact) mass is 298 g/mol. The van der Waals surface area contributed by atoms with Gasteiger partial charge < -0.3 is 4.42 Å². The van der Waals surface area contributed by atoms with Gasteiger partial charge in [-0.3, -0.25) is 11.3 Å². The zero-order chi connectivity index (χ0) is 14.0. The van der Waals surface area contributed by atoms with E-state index in [0.717, 1.165) is 22.6 Å². The van der Waals surface area contributed by atoms with Gasteiger partial charge in [0.05, 0.1) is 16.1 Å². The van der Waals surface area contributed by atoms with Crippen LogP contribution in [0.5, 0.6) is 0 Å². The standard InChI is InChI=1S/C14H16Cl2N2O/c1-8-6-11(9(2)19-8)13(18-17)7-10-4-3-5-12(15)14(10)16/h3-6,13,18H,7,17H2,1-2H3. The Labute approximate surface area is 122 Å². The third-order valence-electron chi connectivity index (χ3n) is 3.11. The van der Waals surface area contributed by atoms with Gasteiger partial charge in [0.15, 0.2) is 0 Å². The van der Waals surface area contributed by atoms with Crippen LogP contribution >= 0.6 is 23.2 Å². The van der Waals surface area contributed by atoms with E-state index in [1.165, 1.54) is 0 Å². The summed E-state index contributed by atoms with van der Waals surface area (Å²) < 4.78 is 5.53. The van der Waals surface area contributed by atoms with E-state index in [4.69, 9.17) is 33.5 Å². The second kappa shape index (κ2) is 5.97. The molecule has 0 bridgehead atoms. The molecule has 1 heterocycles. The molecule has 1 unspecified atom stereocenters. The van der Waals surface area contributed by atoms with Crippen LogP contribution in [0.1, 0.15) is 28.7 Å². The van der Waals surface area contributed by atoms with Crippen molar-refractivity contribution in [3.8, 4) is 0 Å². The van der Waals surface area contributed by atoms with Crippen molar-refractivity contribution in [3.05, 3.63) is 57.0 Å². The number of nitrogens with one attached hydrogen (secondary N) is 1. The average molecular weight is 299 g/mol. The van der Waals surface area contributed by atoms with Crippen molar-refractivity contribution >= 4 is 23.2 Å². The highest BCUT2D eigenvalue weighted by Crippen LogP contribution is 2.30. The molecule has 0 fully saturated rings. The van der Waals surface area contributed by atoms with Crippen molar-refractivity contribution in [3.63, 3.8) is 0 Å². The number of rotatable bonds is 4. The first-order chi connectivity index (χ1) is 9.02. The van der Waals surface area contributed by atoms with E-state index in [1.54, 1.807) is 6.07 Å². The molecule has 0 aliphatic carbocycles. The summed E-state index contributed by atoms with van der Waals surface area (Å²) in [6, 6.07) is 7.52. The molecule has 1 atom stereocenters. The minimum absolute atomic E-state index is 0.0617. The Kier molecular flexibility index (Phi) is 4.53. The van der Waals surface area contributed by atoms with Gasteiger partial charge in [-0.2, -0.15) is 0 Å². The number of aryl methyl sites for hydroxylation is 2. The fourth-order valence-corrected chi connectivity index (χ4v) is 2.58. The van der Waals surface area contributed by atoms with Gasteiger partial charge in [0.1, 0.15) is 11.5 Å². The largest absolute Gasteiger partial charge is 0.466 e. The van der Waals surface area contributed by atoms with E-state index < -0.39 is 0 Å². The predicted octanol–water partition coefficient (Wildman–Crippen LogP) is 3.95. The molecule has 3 nitrogen and oxygen atoms in total. The van der Waals surface area contributed by atoms with Crippen molar-refractivity contribution in [1.29, 1.82) is 0 Å². The normalized spacial score (nSPS) is 12.7. The third-order valence-corrected chi connectivity index (χ3v) is 3.97. The number of benzene rings is 1. The van der Waals surface area contributed by atoms with Gasteiger partial charge >= 0.3 is 0 Å². The summed E-state index contributed by atoms with van der Waals surface area (Å²) in [7, 11) is 0. The highest BCUT2D eigenvalue weighted by atomic mass is 35.5. The molecule has 2 rings (SSSR count). The number of hydrazine groups is 1. The Balaban J connectivity index is 2.29. The topological polar surface area (TPSA) is 51.2 Å². The molecule has 2 aromatic rings. The van der Waals surface area contributed by atoms with E-state index >= 15 is 0 Å². The second-order valence-electron chi connectivity index (χ2n) is 4.50. The molecule has 102 valence electrons. The first kappa shape index (κ1) is 14.4. The Hall–Kier alpha value is -1.00. The maximum atomic E-state index is 6.20. The lowest BCUT2D eigenvalue weighted by atomic mass is 9.99. The van der Waals surface area contributed by atoms with Crippen molar-refractivity contribution < 1.29 is 4.42 Å². The van der Waals surface area contributed by atoms with Crippen molar-refractivity contribution in [2.45, 2.75) is 26.3 Å². The Bertz CT molecular complexity index is 581. The van der Waals surface area contributed by atoms with Crippen LogP contribution in [0.4, 0.5) is 0 Å². The second-order valence-corrected chi connectivity index (χ2v) is 5.29. The quantitative estimate of drug-likeness (QED) is 0.664. The minimum atomic E-state index is -0.0617. The molecular weight excluding hydrogens is 283 g/mol. The van der Waals surface area contributed by atoms with E-state index in [9.17, 15) is 0 Å². The lowest BCUT2D eigenvalue weighted by molar-refractivity contribution is 0.484. The van der Waals surface area contributed by atoms with Gasteiger partial charge in [0.2, 0.25) is 0 Å². The Morgan fingerprint density at radius 2 is 2.05 bits per heavy atom. The molecule has 3 N–H and O–H groups in total. The van der Waals surface area contributed by atoms with Crippen LogP contribution in [0, 0.1) is 13.8 Å². The van der Waals surface area contributed by atoms with Crippen LogP contribution in [-0.2, 0) is 6.42 Å². The molecule has 1 aromatic carbocycles. The average Bonchev–Trinajstić information content (AvgIpc) is 2.70. The van der Waals surface area contributed by atoms with Crippen molar-refractivity contribution in [2.24, 2.45) is 5.84 Å². The molecule has 0 aliphatic rings. The van der Waals surface area contributed by atoms with Gasteiger partial charge in [-0.05, 0) is 38.0 Å². The molecule has 1 aromatic heterocycles. The fraction of sp³-hybridized carbons (Fsp3) is 0.286. The van der Waals surface area contributed by atoms with Gasteiger partial charge in [-0.25, -0.2) is 0 Å². The van der Waals surface area contributed by atoms with Crippen LogP contribution < -0.4 is 11.3 Å².